The molecule has 0 spiro atoms. The van der Waals surface area contributed by atoms with Crippen molar-refractivity contribution in [2.24, 2.45) is 0 Å². The molecule has 1 atom stereocenters. The number of rotatable bonds is 5. The van der Waals surface area contributed by atoms with Gasteiger partial charge in [-0.3, -0.25) is 9.59 Å². The van der Waals surface area contributed by atoms with Gasteiger partial charge < -0.3 is 14.7 Å². The van der Waals surface area contributed by atoms with Gasteiger partial charge in [-0.25, -0.2) is 0 Å². The van der Waals surface area contributed by atoms with Crippen molar-refractivity contribution in [1.82, 2.24) is 9.80 Å². The molecule has 2 heterocycles. The summed E-state index contributed by atoms with van der Waals surface area (Å²) in [6.45, 7) is 3.61. The van der Waals surface area contributed by atoms with Gasteiger partial charge in [-0.15, -0.1) is 11.8 Å². The fraction of sp³-hybridized carbons (Fsp3) is 0.259. The third-order valence-corrected chi connectivity index (χ3v) is 7.87. The quantitative estimate of drug-likeness (QED) is 0.499. The van der Waals surface area contributed by atoms with E-state index in [0.29, 0.717) is 36.0 Å². The van der Waals surface area contributed by atoms with Gasteiger partial charge in [0.1, 0.15) is 5.37 Å². The van der Waals surface area contributed by atoms with Crippen LogP contribution >= 0.6 is 23.4 Å². The maximum absolute atomic E-state index is 13.1. The van der Waals surface area contributed by atoms with Gasteiger partial charge in [0, 0.05) is 49.0 Å². The van der Waals surface area contributed by atoms with Crippen LogP contribution in [0.4, 0.5) is 5.69 Å². The van der Waals surface area contributed by atoms with Gasteiger partial charge in [0.15, 0.2) is 0 Å². The first kappa shape index (κ1) is 22.8. The normalized spacial score (nSPS) is 18.4. The number of piperazine rings is 1. The number of anilines is 1. The summed E-state index contributed by atoms with van der Waals surface area (Å²) in [6.07, 6.45) is 0. The summed E-state index contributed by atoms with van der Waals surface area (Å²) < 4.78 is 0. The number of para-hydroxylation sites is 1. The lowest BCUT2D eigenvalue weighted by atomic mass is 10.1. The van der Waals surface area contributed by atoms with Crippen molar-refractivity contribution in [2.45, 2.75) is 11.9 Å². The first-order chi connectivity index (χ1) is 16.6. The number of benzene rings is 3. The molecule has 0 aliphatic carbocycles. The number of carbonyl (C=O) groups is 2. The van der Waals surface area contributed by atoms with E-state index in [1.54, 1.807) is 11.8 Å². The summed E-state index contributed by atoms with van der Waals surface area (Å²) in [5.41, 5.74) is 3.98. The Kier molecular flexibility index (Phi) is 6.79. The Morgan fingerprint density at radius 3 is 2.24 bits per heavy atom. The molecule has 5 rings (SSSR count). The first-order valence-corrected chi connectivity index (χ1v) is 12.9. The molecule has 2 saturated heterocycles. The molecule has 7 heteroatoms. The summed E-state index contributed by atoms with van der Waals surface area (Å²) in [7, 11) is 0. The molecule has 34 heavy (non-hydrogen) atoms. The van der Waals surface area contributed by atoms with Gasteiger partial charge >= 0.3 is 0 Å². The highest BCUT2D eigenvalue weighted by Crippen LogP contribution is 2.39. The smallest absolute Gasteiger partial charge is 0.253 e. The maximum Gasteiger partial charge on any atom is 0.253 e. The lowest BCUT2D eigenvalue weighted by Crippen LogP contribution is -2.48. The molecule has 0 N–H and O–H groups in total. The van der Waals surface area contributed by atoms with Crippen LogP contribution < -0.4 is 4.90 Å². The molecule has 174 valence electrons. The SMILES string of the molecule is O=C(c1ccc([C@@H]2SCC(=O)N2Cc2ccc(Cl)cc2)cc1)N1CCN(c2ccccc2)CC1. The van der Waals surface area contributed by atoms with Crippen LogP contribution in [0, 0.1) is 0 Å². The van der Waals surface area contributed by atoms with Crippen molar-refractivity contribution >= 4 is 40.9 Å². The van der Waals surface area contributed by atoms with E-state index in [9.17, 15) is 9.59 Å². The molecule has 0 radical (unpaired) electrons. The second kappa shape index (κ2) is 10.1. The Morgan fingerprint density at radius 1 is 0.882 bits per heavy atom. The fourth-order valence-corrected chi connectivity index (χ4v) is 5.78. The number of nitrogens with zero attached hydrogens (tertiary/aromatic N) is 3. The summed E-state index contributed by atoms with van der Waals surface area (Å²) in [5.74, 6) is 0.652. The van der Waals surface area contributed by atoms with E-state index in [1.165, 1.54) is 5.69 Å². The third kappa shape index (κ3) is 4.93. The molecule has 0 aromatic heterocycles. The monoisotopic (exact) mass is 491 g/mol. The molecule has 0 unspecified atom stereocenters. The van der Waals surface area contributed by atoms with Crippen molar-refractivity contribution in [1.29, 1.82) is 0 Å². The minimum absolute atomic E-state index is 0.0539. The van der Waals surface area contributed by atoms with Crippen molar-refractivity contribution < 1.29 is 9.59 Å². The van der Waals surface area contributed by atoms with Crippen LogP contribution in [0.5, 0.6) is 0 Å². The Labute approximate surface area is 209 Å². The summed E-state index contributed by atoms with van der Waals surface area (Å²) in [5, 5.41) is 0.630. The highest BCUT2D eigenvalue weighted by atomic mass is 35.5. The highest BCUT2D eigenvalue weighted by molar-refractivity contribution is 8.00. The van der Waals surface area contributed by atoms with Crippen molar-refractivity contribution in [3.05, 3.63) is 101 Å². The van der Waals surface area contributed by atoms with Crippen molar-refractivity contribution in [3.8, 4) is 0 Å². The molecule has 5 nitrogen and oxygen atoms in total. The van der Waals surface area contributed by atoms with Gasteiger partial charge in [0.05, 0.1) is 5.75 Å². The van der Waals surface area contributed by atoms with Gasteiger partial charge in [0.25, 0.3) is 5.91 Å². The van der Waals surface area contributed by atoms with E-state index in [4.69, 9.17) is 11.6 Å². The average molecular weight is 492 g/mol. The molecule has 3 aromatic carbocycles. The van der Waals surface area contributed by atoms with Gasteiger partial charge in [-0.2, -0.15) is 0 Å². The molecular weight excluding hydrogens is 466 g/mol. The van der Waals surface area contributed by atoms with Crippen LogP contribution in [-0.2, 0) is 11.3 Å². The van der Waals surface area contributed by atoms with Crippen LogP contribution in [0.1, 0.15) is 26.9 Å². The number of halogens is 1. The molecule has 2 aliphatic heterocycles. The number of thioether (sulfide) groups is 1. The first-order valence-electron chi connectivity index (χ1n) is 11.4. The van der Waals surface area contributed by atoms with E-state index in [2.05, 4.69) is 17.0 Å². The predicted octanol–water partition coefficient (Wildman–Crippen LogP) is 5.08. The topological polar surface area (TPSA) is 43.9 Å². The maximum atomic E-state index is 13.1. The second-order valence-corrected chi connectivity index (χ2v) is 10.1. The van der Waals surface area contributed by atoms with Crippen LogP contribution in [0.15, 0.2) is 78.9 Å². The lowest BCUT2D eigenvalue weighted by Gasteiger charge is -2.36. The van der Waals surface area contributed by atoms with Crippen molar-refractivity contribution in [3.63, 3.8) is 0 Å². The van der Waals surface area contributed by atoms with Crippen LogP contribution in [0.3, 0.4) is 0 Å². The van der Waals surface area contributed by atoms with Crippen LogP contribution in [0.2, 0.25) is 5.02 Å². The zero-order valence-corrected chi connectivity index (χ0v) is 20.3. The van der Waals surface area contributed by atoms with Crippen molar-refractivity contribution in [2.75, 3.05) is 36.8 Å². The average Bonchev–Trinajstić information content (AvgIpc) is 3.25. The van der Waals surface area contributed by atoms with E-state index < -0.39 is 0 Å². The van der Waals surface area contributed by atoms with E-state index in [-0.39, 0.29) is 17.2 Å². The number of amides is 2. The molecule has 0 saturated carbocycles. The molecule has 2 fully saturated rings. The Balaban J connectivity index is 1.23. The summed E-state index contributed by atoms with van der Waals surface area (Å²) in [6, 6.07) is 25.7. The number of hydrogen-bond donors (Lipinski definition) is 0. The molecular formula is C27H26ClN3O2S. The summed E-state index contributed by atoms with van der Waals surface area (Å²) >= 11 is 7.62. The number of hydrogen-bond acceptors (Lipinski definition) is 4. The molecule has 3 aromatic rings. The van der Waals surface area contributed by atoms with Gasteiger partial charge in [-0.05, 0) is 47.5 Å². The number of carbonyl (C=O) groups excluding carboxylic acids is 2. The lowest BCUT2D eigenvalue weighted by molar-refractivity contribution is -0.128. The Morgan fingerprint density at radius 2 is 1.56 bits per heavy atom. The van der Waals surface area contributed by atoms with E-state index in [1.807, 2.05) is 76.5 Å². The van der Waals surface area contributed by atoms with Gasteiger partial charge in [0.2, 0.25) is 5.91 Å². The Hall–Kier alpha value is -2.96. The minimum Gasteiger partial charge on any atom is -0.368 e. The highest BCUT2D eigenvalue weighted by Gasteiger charge is 2.33. The predicted molar refractivity (Wildman–Crippen MR) is 138 cm³/mol. The standard InChI is InChI=1S/C27H26ClN3O2S/c28-23-12-6-20(7-13-23)18-31-25(32)19-34-27(31)22-10-8-21(9-11-22)26(33)30-16-14-29(15-17-30)24-4-2-1-3-5-24/h1-13,27H,14-19H2/t27-/m0/s1. The Bertz CT molecular complexity index is 1150. The molecule has 2 aliphatic rings. The van der Waals surface area contributed by atoms with E-state index in [0.717, 1.165) is 24.2 Å². The molecule has 2 amide bonds. The van der Waals surface area contributed by atoms with Crippen LogP contribution in [0.25, 0.3) is 0 Å². The third-order valence-electron chi connectivity index (χ3n) is 6.37. The largest absolute Gasteiger partial charge is 0.368 e. The summed E-state index contributed by atoms with van der Waals surface area (Å²) in [4.78, 5) is 31.8. The zero-order valence-electron chi connectivity index (χ0n) is 18.8. The minimum atomic E-state index is -0.0539. The zero-order chi connectivity index (χ0) is 23.5. The second-order valence-electron chi connectivity index (χ2n) is 8.55. The van der Waals surface area contributed by atoms with E-state index >= 15 is 0 Å². The van der Waals surface area contributed by atoms with Gasteiger partial charge in [-0.1, -0.05) is 54.1 Å². The fourth-order valence-electron chi connectivity index (χ4n) is 4.47. The van der Waals surface area contributed by atoms with Crippen LogP contribution in [-0.4, -0.2) is 53.5 Å². The molecule has 0 bridgehead atoms.